The first kappa shape index (κ1) is 11.4. The van der Waals surface area contributed by atoms with E-state index in [4.69, 9.17) is 5.11 Å². The van der Waals surface area contributed by atoms with E-state index in [2.05, 4.69) is 24.0 Å². The molecule has 0 fully saturated rings. The smallest absolute Gasteiger partial charge is 0.356 e. The van der Waals surface area contributed by atoms with E-state index in [1.165, 1.54) is 6.07 Å². The van der Waals surface area contributed by atoms with Crippen LogP contribution >= 0.6 is 0 Å². The Kier molecular flexibility index (Phi) is 3.60. The van der Waals surface area contributed by atoms with Gasteiger partial charge < -0.3 is 10.0 Å². The van der Waals surface area contributed by atoms with Gasteiger partial charge in [-0.1, -0.05) is 6.92 Å². The van der Waals surface area contributed by atoms with Crippen LogP contribution in [0.4, 0.5) is 5.82 Å². The monoisotopic (exact) mass is 209 g/mol. The zero-order valence-corrected chi connectivity index (χ0v) is 9.14. The highest BCUT2D eigenvalue weighted by Gasteiger charge is 2.11. The summed E-state index contributed by atoms with van der Waals surface area (Å²) in [6.07, 6.45) is 0.999. The first-order chi connectivity index (χ1) is 7.06. The van der Waals surface area contributed by atoms with Gasteiger partial charge in [0.1, 0.15) is 0 Å². The van der Waals surface area contributed by atoms with Crippen molar-refractivity contribution in [2.75, 3.05) is 11.9 Å². The molecule has 1 aromatic rings. The van der Waals surface area contributed by atoms with Crippen molar-refractivity contribution in [1.29, 1.82) is 0 Å². The Morgan fingerprint density at radius 1 is 1.53 bits per heavy atom. The topological polar surface area (TPSA) is 66.3 Å². The number of carbonyl (C=O) groups is 1. The SMILES string of the molecule is CCC(C)N(C)c1ccc(C(=O)O)nn1. The molecule has 1 aromatic heterocycles. The molecule has 0 spiro atoms. The van der Waals surface area contributed by atoms with E-state index in [1.807, 2.05) is 11.9 Å². The van der Waals surface area contributed by atoms with Crippen LogP contribution < -0.4 is 4.90 Å². The Bertz CT molecular complexity index is 337. The van der Waals surface area contributed by atoms with E-state index < -0.39 is 5.97 Å². The molecule has 5 nitrogen and oxygen atoms in total. The van der Waals surface area contributed by atoms with Gasteiger partial charge in [-0.15, -0.1) is 10.2 Å². The number of anilines is 1. The molecule has 0 saturated carbocycles. The molecule has 82 valence electrons. The van der Waals surface area contributed by atoms with E-state index in [0.29, 0.717) is 11.9 Å². The zero-order valence-electron chi connectivity index (χ0n) is 9.14. The fraction of sp³-hybridized carbons (Fsp3) is 0.500. The Hall–Kier alpha value is -1.65. The van der Waals surface area contributed by atoms with E-state index in [9.17, 15) is 4.79 Å². The van der Waals surface area contributed by atoms with Crippen LogP contribution in [0.2, 0.25) is 0 Å². The van der Waals surface area contributed by atoms with Crippen LogP contribution in [0.5, 0.6) is 0 Å². The third-order valence-corrected chi connectivity index (χ3v) is 2.48. The van der Waals surface area contributed by atoms with Gasteiger partial charge in [-0.25, -0.2) is 4.79 Å². The van der Waals surface area contributed by atoms with E-state index >= 15 is 0 Å². The van der Waals surface area contributed by atoms with Crippen molar-refractivity contribution in [2.24, 2.45) is 0 Å². The number of rotatable bonds is 4. The molecular formula is C10H15N3O2. The zero-order chi connectivity index (χ0) is 11.4. The minimum absolute atomic E-state index is 0.0312. The number of hydrogen-bond acceptors (Lipinski definition) is 4. The maximum absolute atomic E-state index is 10.6. The molecule has 1 heterocycles. The molecule has 1 N–H and O–H groups in total. The van der Waals surface area contributed by atoms with E-state index in [-0.39, 0.29) is 5.69 Å². The molecule has 0 aliphatic rings. The summed E-state index contributed by atoms with van der Waals surface area (Å²) in [5.74, 6) is -0.366. The first-order valence-electron chi connectivity index (χ1n) is 4.86. The van der Waals surface area contributed by atoms with Crippen LogP contribution in [0.3, 0.4) is 0 Å². The van der Waals surface area contributed by atoms with Gasteiger partial charge in [0.25, 0.3) is 0 Å². The fourth-order valence-electron chi connectivity index (χ4n) is 1.13. The number of hydrogen-bond donors (Lipinski definition) is 1. The number of aromatic nitrogens is 2. The number of carboxylic acids is 1. The third kappa shape index (κ3) is 2.65. The van der Waals surface area contributed by atoms with Crippen LogP contribution in [0.25, 0.3) is 0 Å². The number of nitrogens with zero attached hydrogens (tertiary/aromatic N) is 3. The van der Waals surface area contributed by atoms with Crippen LogP contribution in [0.1, 0.15) is 30.8 Å². The van der Waals surface area contributed by atoms with Crippen LogP contribution in [-0.2, 0) is 0 Å². The molecule has 0 aromatic carbocycles. The summed E-state index contributed by atoms with van der Waals surface area (Å²) in [7, 11) is 1.92. The predicted octanol–water partition coefficient (Wildman–Crippen LogP) is 1.41. The molecule has 5 heteroatoms. The Morgan fingerprint density at radius 2 is 2.20 bits per heavy atom. The quantitative estimate of drug-likeness (QED) is 0.812. The van der Waals surface area contributed by atoms with Gasteiger partial charge in [0.15, 0.2) is 11.5 Å². The van der Waals surface area contributed by atoms with Crippen molar-refractivity contribution in [3.63, 3.8) is 0 Å². The summed E-state index contributed by atoms with van der Waals surface area (Å²) in [4.78, 5) is 12.5. The second-order valence-corrected chi connectivity index (χ2v) is 3.45. The lowest BCUT2D eigenvalue weighted by Gasteiger charge is -2.24. The van der Waals surface area contributed by atoms with Crippen LogP contribution in [0.15, 0.2) is 12.1 Å². The number of aromatic carboxylic acids is 1. The third-order valence-electron chi connectivity index (χ3n) is 2.48. The summed E-state index contributed by atoms with van der Waals surface area (Å²) in [5.41, 5.74) is -0.0312. The van der Waals surface area contributed by atoms with Gasteiger partial charge in [-0.2, -0.15) is 0 Å². The lowest BCUT2D eigenvalue weighted by molar-refractivity contribution is 0.0689. The molecule has 0 aliphatic heterocycles. The fourth-order valence-corrected chi connectivity index (χ4v) is 1.13. The molecule has 0 radical (unpaired) electrons. The summed E-state index contributed by atoms with van der Waals surface area (Å²) in [6, 6.07) is 3.49. The van der Waals surface area contributed by atoms with Gasteiger partial charge in [-0.05, 0) is 25.5 Å². The van der Waals surface area contributed by atoms with Gasteiger partial charge in [0.2, 0.25) is 0 Å². The van der Waals surface area contributed by atoms with Gasteiger partial charge >= 0.3 is 5.97 Å². The molecule has 1 atom stereocenters. The molecule has 0 saturated heterocycles. The van der Waals surface area contributed by atoms with E-state index in [1.54, 1.807) is 6.07 Å². The summed E-state index contributed by atoms with van der Waals surface area (Å²) < 4.78 is 0. The Morgan fingerprint density at radius 3 is 2.60 bits per heavy atom. The van der Waals surface area contributed by atoms with Crippen molar-refractivity contribution in [2.45, 2.75) is 26.3 Å². The van der Waals surface area contributed by atoms with Crippen molar-refractivity contribution >= 4 is 11.8 Å². The summed E-state index contributed by atoms with van der Waals surface area (Å²) in [6.45, 7) is 4.16. The van der Waals surface area contributed by atoms with E-state index in [0.717, 1.165) is 6.42 Å². The van der Waals surface area contributed by atoms with Crippen LogP contribution in [-0.4, -0.2) is 34.4 Å². The molecule has 0 aliphatic carbocycles. The van der Waals surface area contributed by atoms with Crippen molar-refractivity contribution in [3.8, 4) is 0 Å². The van der Waals surface area contributed by atoms with Gasteiger partial charge in [0.05, 0.1) is 0 Å². The summed E-state index contributed by atoms with van der Waals surface area (Å²) >= 11 is 0. The number of carboxylic acid groups (broad SMARTS) is 1. The molecule has 0 bridgehead atoms. The maximum atomic E-state index is 10.6. The molecule has 15 heavy (non-hydrogen) atoms. The first-order valence-corrected chi connectivity index (χ1v) is 4.86. The minimum atomic E-state index is -1.06. The lowest BCUT2D eigenvalue weighted by Crippen LogP contribution is -2.29. The maximum Gasteiger partial charge on any atom is 0.356 e. The van der Waals surface area contributed by atoms with Crippen molar-refractivity contribution < 1.29 is 9.90 Å². The highest BCUT2D eigenvalue weighted by atomic mass is 16.4. The standard InChI is InChI=1S/C10H15N3O2/c1-4-7(2)13(3)9-6-5-8(10(14)15)11-12-9/h5-7H,4H2,1-3H3,(H,14,15). The Labute approximate surface area is 88.7 Å². The summed E-state index contributed by atoms with van der Waals surface area (Å²) in [5, 5.41) is 16.1. The Balaban J connectivity index is 2.84. The predicted molar refractivity (Wildman–Crippen MR) is 57.1 cm³/mol. The highest BCUT2D eigenvalue weighted by molar-refractivity contribution is 5.85. The lowest BCUT2D eigenvalue weighted by atomic mass is 10.2. The normalized spacial score (nSPS) is 12.2. The molecule has 1 rings (SSSR count). The largest absolute Gasteiger partial charge is 0.476 e. The molecular weight excluding hydrogens is 194 g/mol. The highest BCUT2D eigenvalue weighted by Crippen LogP contribution is 2.12. The molecule has 1 unspecified atom stereocenters. The minimum Gasteiger partial charge on any atom is -0.476 e. The average Bonchev–Trinajstić information content (AvgIpc) is 2.27. The van der Waals surface area contributed by atoms with Crippen molar-refractivity contribution in [1.82, 2.24) is 10.2 Å². The van der Waals surface area contributed by atoms with Gasteiger partial charge in [-0.3, -0.25) is 0 Å². The van der Waals surface area contributed by atoms with Crippen molar-refractivity contribution in [3.05, 3.63) is 17.8 Å². The second-order valence-electron chi connectivity index (χ2n) is 3.45. The van der Waals surface area contributed by atoms with Gasteiger partial charge in [0, 0.05) is 13.1 Å². The second kappa shape index (κ2) is 4.72. The molecule has 0 amide bonds. The average molecular weight is 209 g/mol. The van der Waals surface area contributed by atoms with Crippen LogP contribution in [0, 0.1) is 0 Å².